The fourth-order valence-corrected chi connectivity index (χ4v) is 8.60. The van der Waals surface area contributed by atoms with Crippen molar-refractivity contribution in [2.24, 2.45) is 40.9 Å². The normalized spacial score (nSPS) is 21.2. The molecule has 300 valence electrons. The van der Waals surface area contributed by atoms with Crippen molar-refractivity contribution in [2.75, 3.05) is 19.8 Å². The molecule has 4 bridgehead atoms. The van der Waals surface area contributed by atoms with Gasteiger partial charge in [-0.05, 0) is 123 Å². The van der Waals surface area contributed by atoms with Crippen molar-refractivity contribution in [3.05, 3.63) is 59.9 Å². The number of unbranched alkanes of at least 4 members (excludes halogenated alkanes) is 4. The molecule has 1 heterocycles. The molecule has 5 heteroatoms. The molecule has 52 heavy (non-hydrogen) atoms. The van der Waals surface area contributed by atoms with Crippen molar-refractivity contribution < 1.29 is 18.3 Å². The number of hydrogen-bond donors (Lipinski definition) is 0. The average molecular weight is 730 g/mol. The first-order chi connectivity index (χ1) is 24.3. The highest BCUT2D eigenvalue weighted by atomic mass is 19.1. The van der Waals surface area contributed by atoms with Crippen molar-refractivity contribution in [1.82, 2.24) is 4.98 Å². The quantitative estimate of drug-likeness (QED) is 0.152. The number of rotatable bonds is 17. The van der Waals surface area contributed by atoms with E-state index in [1.54, 1.807) is 38.5 Å². The molecule has 3 nitrogen and oxygen atoms in total. The van der Waals surface area contributed by atoms with Crippen LogP contribution in [0.2, 0.25) is 0 Å². The van der Waals surface area contributed by atoms with Crippen LogP contribution in [0.1, 0.15) is 178 Å². The topological polar surface area (TPSA) is 31.4 Å². The minimum Gasteiger partial charge on any atom is -0.493 e. The van der Waals surface area contributed by atoms with Gasteiger partial charge in [0.05, 0.1) is 6.61 Å². The molecule has 6 rings (SSSR count). The fourth-order valence-electron chi connectivity index (χ4n) is 8.60. The molecule has 0 saturated heterocycles. The minimum atomic E-state index is -0.595. The zero-order valence-corrected chi connectivity index (χ0v) is 34.3. The summed E-state index contributed by atoms with van der Waals surface area (Å²) in [5.74, 6) is 5.51. The fraction of sp³-hybridized carbons (Fsp3) is 0.766. The molecule has 4 aliphatic rings. The van der Waals surface area contributed by atoms with Crippen LogP contribution in [0.25, 0.3) is 0 Å². The largest absolute Gasteiger partial charge is 0.493 e. The summed E-state index contributed by atoms with van der Waals surface area (Å²) in [5, 5.41) is 0. The van der Waals surface area contributed by atoms with Crippen LogP contribution in [0.5, 0.6) is 5.75 Å². The van der Waals surface area contributed by atoms with Gasteiger partial charge >= 0.3 is 0 Å². The molecule has 0 atom stereocenters. The monoisotopic (exact) mass is 730 g/mol. The zero-order valence-electron chi connectivity index (χ0n) is 34.3. The maximum Gasteiger partial charge on any atom is 0.129 e. The molecule has 0 spiro atoms. The first kappa shape index (κ1) is 48.0. The molecule has 4 aliphatic carbocycles. The Labute approximate surface area is 320 Å². The van der Waals surface area contributed by atoms with Crippen LogP contribution in [0.4, 0.5) is 8.78 Å². The third-order valence-corrected chi connectivity index (χ3v) is 10.5. The van der Waals surface area contributed by atoms with E-state index in [0.29, 0.717) is 12.5 Å². The molecule has 0 unspecified atom stereocenters. The summed E-state index contributed by atoms with van der Waals surface area (Å²) >= 11 is 0. The third-order valence-electron chi connectivity index (χ3n) is 10.5. The summed E-state index contributed by atoms with van der Waals surface area (Å²) in [6.07, 6.45) is 22.3. The Hall–Kier alpha value is -2.01. The molecule has 1 aromatic carbocycles. The average Bonchev–Trinajstić information content (AvgIpc) is 3.04. The molecule has 1 aromatic heterocycles. The van der Waals surface area contributed by atoms with Gasteiger partial charge in [-0.25, -0.2) is 8.78 Å². The van der Waals surface area contributed by atoms with E-state index in [4.69, 9.17) is 9.47 Å². The summed E-state index contributed by atoms with van der Waals surface area (Å²) in [7, 11) is 0. The van der Waals surface area contributed by atoms with E-state index < -0.39 is 11.6 Å². The van der Waals surface area contributed by atoms with Crippen LogP contribution in [0.15, 0.2) is 42.6 Å². The van der Waals surface area contributed by atoms with Crippen LogP contribution in [-0.2, 0) is 4.74 Å². The molecule has 0 N–H and O–H groups in total. The lowest BCUT2D eigenvalue weighted by Gasteiger charge is -2.57. The van der Waals surface area contributed by atoms with E-state index in [2.05, 4.69) is 67.3 Å². The molecule has 0 radical (unpaired) electrons. The van der Waals surface area contributed by atoms with Gasteiger partial charge in [-0.15, -0.1) is 0 Å². The lowest BCUT2D eigenvalue weighted by Crippen LogP contribution is -2.46. The molecular formula is C47H81F2NO2. The lowest BCUT2D eigenvalue weighted by molar-refractivity contribution is -0.0632. The highest BCUT2D eigenvalue weighted by Gasteiger charge is 2.50. The van der Waals surface area contributed by atoms with Gasteiger partial charge in [0.2, 0.25) is 0 Å². The molecular weight excluding hydrogens is 649 g/mol. The van der Waals surface area contributed by atoms with Gasteiger partial charge in [-0.3, -0.25) is 4.98 Å². The summed E-state index contributed by atoms with van der Waals surface area (Å²) in [6.45, 7) is 22.6. The van der Waals surface area contributed by atoms with E-state index in [1.165, 1.54) is 57.1 Å². The number of hydrogen-bond acceptors (Lipinski definition) is 3. The van der Waals surface area contributed by atoms with Crippen molar-refractivity contribution in [2.45, 2.75) is 172 Å². The Morgan fingerprint density at radius 2 is 1.27 bits per heavy atom. The molecule has 0 amide bonds. The lowest BCUT2D eigenvalue weighted by atomic mass is 9.48. The maximum absolute atomic E-state index is 12.9. The Morgan fingerprint density at radius 1 is 0.692 bits per heavy atom. The summed E-state index contributed by atoms with van der Waals surface area (Å²) in [5.41, 5.74) is 1.99. The van der Waals surface area contributed by atoms with Crippen molar-refractivity contribution in [1.29, 1.82) is 0 Å². The van der Waals surface area contributed by atoms with Gasteiger partial charge in [0.1, 0.15) is 17.4 Å². The van der Waals surface area contributed by atoms with Gasteiger partial charge in [0.15, 0.2) is 0 Å². The Kier molecular flexibility index (Phi) is 24.7. The van der Waals surface area contributed by atoms with Gasteiger partial charge in [0, 0.05) is 43.3 Å². The standard InChI is InChI=1S/C15H22F2O.C14H24.C9H20O.C8H11N.CH4/c1-12(2)7-5-3-4-6-8-18-15-10-13(16)9-14(17)11-15;1-10(2)6-14-7-11-3-12(8-14)5-13(4-11)9-14;1-4-5-7-10-8-6-9(2)3;1-7(2)8-5-3-4-6-9-8;/h9-12H,3-8H2,1-2H3;10-13H,3-9H2,1-2H3;9H,4-8H2,1-3H3;3-7H,1-2H3;1H4. The molecule has 2 aromatic rings. The second-order valence-corrected chi connectivity index (χ2v) is 17.6. The van der Waals surface area contributed by atoms with Crippen LogP contribution < -0.4 is 4.74 Å². The van der Waals surface area contributed by atoms with Crippen molar-refractivity contribution in [3.63, 3.8) is 0 Å². The summed E-state index contributed by atoms with van der Waals surface area (Å²) < 4.78 is 36.4. The van der Waals surface area contributed by atoms with Gasteiger partial charge in [-0.1, -0.05) is 108 Å². The first-order valence-corrected chi connectivity index (χ1v) is 20.9. The SMILES string of the molecule is C.CC(C)CC12CC3CC(CC(C3)C1)C2.CC(C)CCCCCCOc1cc(F)cc(F)c1.CC(C)c1ccccn1.CCCCOCCC(C)C. The van der Waals surface area contributed by atoms with Crippen molar-refractivity contribution >= 4 is 0 Å². The van der Waals surface area contributed by atoms with E-state index >= 15 is 0 Å². The predicted molar refractivity (Wildman–Crippen MR) is 220 cm³/mol. The van der Waals surface area contributed by atoms with E-state index in [1.807, 2.05) is 24.4 Å². The van der Waals surface area contributed by atoms with Gasteiger partial charge < -0.3 is 9.47 Å². The number of halogens is 2. The Bertz CT molecular complexity index is 1090. The third kappa shape index (κ3) is 21.0. The molecule has 0 aliphatic heterocycles. The van der Waals surface area contributed by atoms with Crippen LogP contribution in [0, 0.1) is 52.6 Å². The number of ether oxygens (including phenoxy) is 2. The highest BCUT2D eigenvalue weighted by molar-refractivity contribution is 5.23. The minimum absolute atomic E-state index is 0. The summed E-state index contributed by atoms with van der Waals surface area (Å²) in [6, 6.07) is 9.27. The highest BCUT2D eigenvalue weighted by Crippen LogP contribution is 2.61. The number of nitrogens with zero attached hydrogens (tertiary/aromatic N) is 1. The summed E-state index contributed by atoms with van der Waals surface area (Å²) in [4.78, 5) is 4.18. The Balaban J connectivity index is 0.000000357. The van der Waals surface area contributed by atoms with E-state index in [9.17, 15) is 8.78 Å². The molecule has 4 saturated carbocycles. The maximum atomic E-state index is 12.9. The first-order valence-electron chi connectivity index (χ1n) is 20.9. The number of aromatic nitrogens is 1. The second kappa shape index (κ2) is 26.7. The van der Waals surface area contributed by atoms with Crippen LogP contribution >= 0.6 is 0 Å². The zero-order chi connectivity index (χ0) is 37.6. The van der Waals surface area contributed by atoms with Gasteiger partial charge in [-0.2, -0.15) is 0 Å². The van der Waals surface area contributed by atoms with Crippen molar-refractivity contribution in [3.8, 4) is 5.75 Å². The second-order valence-electron chi connectivity index (χ2n) is 17.6. The number of benzene rings is 1. The van der Waals surface area contributed by atoms with Crippen LogP contribution in [0.3, 0.4) is 0 Å². The predicted octanol–water partition coefficient (Wildman–Crippen LogP) is 14.9. The smallest absolute Gasteiger partial charge is 0.129 e. The van der Waals surface area contributed by atoms with E-state index in [0.717, 1.165) is 78.7 Å². The Morgan fingerprint density at radius 3 is 1.73 bits per heavy atom. The van der Waals surface area contributed by atoms with Crippen LogP contribution in [-0.4, -0.2) is 24.8 Å². The van der Waals surface area contributed by atoms with Gasteiger partial charge in [0.25, 0.3) is 0 Å². The number of pyridine rings is 1. The molecule has 4 fully saturated rings. The van der Waals surface area contributed by atoms with E-state index in [-0.39, 0.29) is 13.2 Å².